The molecule has 0 spiro atoms. The number of hydrogen-bond donors (Lipinski definition) is 8. The van der Waals surface area contributed by atoms with Crippen LogP contribution in [0.25, 0.3) is 121 Å². The summed E-state index contributed by atoms with van der Waals surface area (Å²) in [6.07, 6.45) is 45.8. The molecule has 8 N–H and O–H groups in total. The van der Waals surface area contributed by atoms with E-state index in [9.17, 15) is 8.42 Å². The van der Waals surface area contributed by atoms with Gasteiger partial charge < -0.3 is 42.5 Å². The van der Waals surface area contributed by atoms with E-state index in [4.69, 9.17) is 34.9 Å². The van der Waals surface area contributed by atoms with Crippen LogP contribution in [-0.4, -0.2) is 181 Å². The molecule has 23 rings (SSSR count). The van der Waals surface area contributed by atoms with Crippen molar-refractivity contribution in [1.29, 1.82) is 0 Å². The van der Waals surface area contributed by atoms with Gasteiger partial charge in [0.15, 0.2) is 45.9 Å². The number of imidazole rings is 4. The van der Waals surface area contributed by atoms with E-state index < -0.39 is 10.0 Å². The van der Waals surface area contributed by atoms with Crippen molar-refractivity contribution in [2.24, 2.45) is 28.2 Å². The van der Waals surface area contributed by atoms with Crippen LogP contribution in [0.4, 0.5) is 44.6 Å². The summed E-state index contributed by atoms with van der Waals surface area (Å²) in [5.74, 6) is 2.81. The molecule has 128 heavy (non-hydrogen) atoms. The Bertz CT molecular complexity index is 7340. The molecular formula is C93H90N30O2S3. The first-order valence-electron chi connectivity index (χ1n) is 42.1. The van der Waals surface area contributed by atoms with Crippen molar-refractivity contribution in [2.45, 2.75) is 30.6 Å². The minimum atomic E-state index is -3.50. The van der Waals surface area contributed by atoms with Crippen LogP contribution >= 0.6 is 22.7 Å². The van der Waals surface area contributed by atoms with Gasteiger partial charge in [0.2, 0.25) is 10.0 Å². The molecule has 19 aromatic rings. The number of aromatic nitrogens is 21. The Kier molecular flexibility index (Phi) is 22.7. The van der Waals surface area contributed by atoms with Gasteiger partial charge >= 0.3 is 0 Å². The van der Waals surface area contributed by atoms with Gasteiger partial charge in [-0.15, -0.1) is 22.7 Å². The smallest absolute Gasteiger partial charge is 0.242 e. The van der Waals surface area contributed by atoms with Crippen LogP contribution in [0.15, 0.2) is 250 Å². The fourth-order valence-corrected chi connectivity index (χ4v) is 18.8. The summed E-state index contributed by atoms with van der Waals surface area (Å²) >= 11 is 3.44. The number of nitrogens with one attached hydrogen (secondary N) is 8. The molecule has 32 nitrogen and oxygen atoms in total. The van der Waals surface area contributed by atoms with E-state index in [1.165, 1.54) is 55.3 Å². The van der Waals surface area contributed by atoms with Crippen LogP contribution < -0.4 is 42.5 Å². The van der Waals surface area contributed by atoms with Crippen molar-refractivity contribution in [3.05, 3.63) is 268 Å². The first-order chi connectivity index (χ1) is 62.6. The number of rotatable bonds is 18. The standard InChI is InChI=1S/C24H22N8.C23H26N8O2S.2C23H21N7S/c1-31-14-18(12-28-31)22-13-27-24-23(29-19-6-7-20-16(10-19)4-3-9-26-20)30-21(15-32(22)24)17-5-2-8-25-11-17;1-29(2)34(32,33)19-8-6-18(7-9-19)27-22-23-25-13-21(17-12-26-30(3)14-17)31(23)15-20(28-22)16-5-4-10-24-11-16;2*1-29-13-17(11-26-29)19-12-25-23-22(28-21-9-15-5-2-3-7-20(15)31-21)27-18(14-30(19)23)16-6-4-8-24-10-16/h3-7,9-10,12-15,25H,2,8,11H2,1H3,(H,29,30);5-9,12-15,24H,4,10-11H2,1-3H3,(H,27,28);2*2-3,5-7,9,11-14,24H,4,8,10H2,1H3,(H,27,28). The molecule has 0 bridgehead atoms. The summed E-state index contributed by atoms with van der Waals surface area (Å²) in [4.78, 5) is 43.2. The Hall–Kier alpha value is -14.6. The van der Waals surface area contributed by atoms with E-state index in [0.29, 0.717) is 23.0 Å². The molecular weight excluding hydrogens is 1670 g/mol. The van der Waals surface area contributed by atoms with Crippen LogP contribution in [0, 0.1) is 0 Å². The van der Waals surface area contributed by atoms with Crippen LogP contribution in [-0.2, 0) is 38.2 Å². The molecule has 19 heterocycles. The minimum Gasteiger partial charge on any atom is -0.337 e. The Balaban J connectivity index is 0.000000107. The van der Waals surface area contributed by atoms with E-state index >= 15 is 0 Å². The van der Waals surface area contributed by atoms with Gasteiger partial charge in [0.25, 0.3) is 0 Å². The largest absolute Gasteiger partial charge is 0.337 e. The van der Waals surface area contributed by atoms with Gasteiger partial charge in [-0.3, -0.25) is 41.3 Å². The number of aryl methyl sites for hydroxylation is 4. The lowest BCUT2D eigenvalue weighted by Crippen LogP contribution is -2.22. The average Bonchev–Trinajstić information content (AvgIpc) is 1.62. The number of benzene rings is 4. The Labute approximate surface area is 743 Å². The van der Waals surface area contributed by atoms with E-state index in [1.807, 2.05) is 131 Å². The summed E-state index contributed by atoms with van der Waals surface area (Å²) in [6.45, 7) is 7.13. The molecule has 0 radical (unpaired) electrons. The average molecular weight is 1760 g/mol. The fourth-order valence-electron chi connectivity index (χ4n) is 16.0. The molecule has 35 heteroatoms. The maximum atomic E-state index is 12.4. The van der Waals surface area contributed by atoms with E-state index in [0.717, 1.165) is 207 Å². The lowest BCUT2D eigenvalue weighted by atomic mass is 10.1. The maximum Gasteiger partial charge on any atom is 0.242 e. The number of nitrogens with zero attached hydrogens (tertiary/aromatic N) is 22. The predicted octanol–water partition coefficient (Wildman–Crippen LogP) is 15.2. The Morgan fingerprint density at radius 1 is 0.367 bits per heavy atom. The minimum absolute atomic E-state index is 0.230. The van der Waals surface area contributed by atoms with E-state index in [1.54, 1.807) is 71.9 Å². The predicted molar refractivity (Wildman–Crippen MR) is 508 cm³/mol. The van der Waals surface area contributed by atoms with Crippen molar-refractivity contribution in [3.8, 4) is 45.0 Å². The fraction of sp³-hybridized carbons (Fsp3) is 0.194. The maximum absolute atomic E-state index is 12.4. The topological polar surface area (TPSA) is 339 Å². The van der Waals surface area contributed by atoms with Crippen molar-refractivity contribution in [2.75, 3.05) is 87.7 Å². The molecule has 642 valence electrons. The highest BCUT2D eigenvalue weighted by Gasteiger charge is 2.25. The van der Waals surface area contributed by atoms with Crippen molar-refractivity contribution in [1.82, 2.24) is 127 Å². The number of anilines is 8. The molecule has 0 saturated carbocycles. The van der Waals surface area contributed by atoms with Gasteiger partial charge in [0.1, 0.15) is 0 Å². The summed E-state index contributed by atoms with van der Waals surface area (Å²) in [5, 5.41) is 50.5. The number of thiophene rings is 2. The third-order valence-electron chi connectivity index (χ3n) is 22.5. The molecule has 0 fully saturated rings. The third-order valence-corrected chi connectivity index (χ3v) is 26.4. The highest BCUT2D eigenvalue weighted by atomic mass is 32.2. The van der Waals surface area contributed by atoms with Gasteiger partial charge in [-0.25, -0.2) is 52.6 Å². The zero-order valence-corrected chi connectivity index (χ0v) is 73.4. The van der Waals surface area contributed by atoms with Crippen LogP contribution in [0.2, 0.25) is 0 Å². The second-order valence-corrected chi connectivity index (χ2v) is 36.0. The Morgan fingerprint density at radius 2 is 0.711 bits per heavy atom. The molecule has 4 aliphatic heterocycles. The zero-order chi connectivity index (χ0) is 86.9. The molecule has 4 aromatic carbocycles. The van der Waals surface area contributed by atoms with E-state index in [-0.39, 0.29) is 4.90 Å². The molecule has 0 amide bonds. The third kappa shape index (κ3) is 17.2. The summed E-state index contributed by atoms with van der Waals surface area (Å²) in [7, 11) is 7.18. The first-order valence-corrected chi connectivity index (χ1v) is 45.2. The highest BCUT2D eigenvalue weighted by Crippen LogP contribution is 2.39. The summed E-state index contributed by atoms with van der Waals surface area (Å²) in [6, 6.07) is 37.9. The zero-order valence-electron chi connectivity index (χ0n) is 71.0. The van der Waals surface area contributed by atoms with E-state index in [2.05, 4.69) is 202 Å². The lowest BCUT2D eigenvalue weighted by molar-refractivity contribution is 0.521. The molecule has 4 aliphatic rings. The molecule has 0 aliphatic carbocycles. The van der Waals surface area contributed by atoms with Crippen molar-refractivity contribution >= 4 is 153 Å². The van der Waals surface area contributed by atoms with Crippen LogP contribution in [0.1, 0.15) is 48.5 Å². The second kappa shape index (κ2) is 35.5. The summed E-state index contributed by atoms with van der Waals surface area (Å²) < 4.78 is 44.0. The second-order valence-electron chi connectivity index (χ2n) is 31.7. The van der Waals surface area contributed by atoms with Crippen molar-refractivity contribution < 1.29 is 8.42 Å². The normalized spacial score (nSPS) is 14.3. The van der Waals surface area contributed by atoms with Gasteiger partial charge in [0, 0.05) is 173 Å². The number of fused-ring (bicyclic) bond motifs is 7. The van der Waals surface area contributed by atoms with Crippen LogP contribution in [0.3, 0.4) is 0 Å². The van der Waals surface area contributed by atoms with Crippen molar-refractivity contribution in [3.63, 3.8) is 0 Å². The highest BCUT2D eigenvalue weighted by molar-refractivity contribution is 7.89. The summed E-state index contributed by atoms with van der Waals surface area (Å²) in [5.41, 5.74) is 21.9. The number of sulfonamides is 1. The SMILES string of the molecule is CN(C)S(=O)(=O)c1ccc(Nc2nc(C3=CCCNC3)cn3c(-c4cnn(C)c4)cnc23)cc1.Cn1cc(-c2cnc3c(Nc4cc5ccccc5s4)nc(C4=CCCNC4)cn23)cn1.Cn1cc(-c2cnc3c(Nc4cc5ccccc5s4)nc(C4=CCCNC4)cn23)cn1.Cn1cc(-c2cnc3c(Nc4ccc5ncccc5c4)nc(C4=CCCNC4)cn23)cn1. The van der Waals surface area contributed by atoms with Gasteiger partial charge in [0.05, 0.1) is 116 Å². The number of pyridine rings is 1. The lowest BCUT2D eigenvalue weighted by Gasteiger charge is -2.16. The monoisotopic (exact) mass is 1750 g/mol. The first kappa shape index (κ1) is 81.8. The molecule has 0 atom stereocenters. The van der Waals surface area contributed by atoms with Gasteiger partial charge in [-0.1, -0.05) is 66.8 Å². The molecule has 0 unspecified atom stereocenters. The quantitative estimate of drug-likeness (QED) is 0.0395. The number of hydrogen-bond acceptors (Lipinski definition) is 25. The van der Waals surface area contributed by atoms with Gasteiger partial charge in [-0.05, 0) is 158 Å². The molecule has 15 aromatic heterocycles. The van der Waals surface area contributed by atoms with Gasteiger partial charge in [-0.2, -0.15) is 20.4 Å². The molecule has 0 saturated heterocycles. The Morgan fingerprint density at radius 3 is 1.05 bits per heavy atom. The van der Waals surface area contributed by atoms with Crippen LogP contribution in [0.5, 0.6) is 0 Å².